The van der Waals surface area contributed by atoms with Gasteiger partial charge in [0.1, 0.15) is 0 Å². The molecule has 0 aliphatic heterocycles. The highest BCUT2D eigenvalue weighted by atomic mass is 35.5. The summed E-state index contributed by atoms with van der Waals surface area (Å²) < 4.78 is 35.8. The van der Waals surface area contributed by atoms with Crippen molar-refractivity contribution in [1.82, 2.24) is 4.17 Å². The molecule has 0 heterocycles. The molecule has 0 fully saturated rings. The maximum absolute atomic E-state index is 10.5. The van der Waals surface area contributed by atoms with E-state index in [-0.39, 0.29) is 4.90 Å². The van der Waals surface area contributed by atoms with Gasteiger partial charge in [-0.2, -0.15) is 8.42 Å². The Kier molecular flexibility index (Phi) is 11.2. The maximum Gasteiger partial charge on any atom is 0.301 e. The minimum atomic E-state index is -4.08. The first-order valence-corrected chi connectivity index (χ1v) is 21.2. The quantitative estimate of drug-likeness (QED) is 0.103. The number of halogens is 1. The van der Waals surface area contributed by atoms with Crippen LogP contribution in [0.4, 0.5) is 0 Å². The van der Waals surface area contributed by atoms with E-state index in [0.29, 0.717) is 5.02 Å². The molecule has 50 heavy (non-hydrogen) atoms. The van der Waals surface area contributed by atoms with Crippen molar-refractivity contribution in [3.63, 3.8) is 0 Å². The summed E-state index contributed by atoms with van der Waals surface area (Å²) in [6.45, 7) is 0. The first kappa shape index (κ1) is 35.1. The van der Waals surface area contributed by atoms with Crippen molar-refractivity contribution in [1.29, 1.82) is 0 Å². The molecular formula is C42H35ClNO3P2S+. The van der Waals surface area contributed by atoms with Crippen molar-refractivity contribution in [2.75, 3.05) is 0 Å². The third-order valence-electron chi connectivity index (χ3n) is 8.16. The number of benzene rings is 7. The predicted molar refractivity (Wildman–Crippen MR) is 214 cm³/mol. The minimum absolute atomic E-state index is 0.151. The lowest BCUT2D eigenvalue weighted by Crippen LogP contribution is -2.31. The Bertz CT molecular complexity index is 2040. The molecule has 7 rings (SSSR count). The van der Waals surface area contributed by atoms with Crippen molar-refractivity contribution < 1.29 is 13.0 Å². The Hall–Kier alpha value is -4.69. The third kappa shape index (κ3) is 7.55. The summed E-state index contributed by atoms with van der Waals surface area (Å²) in [5.74, 6) is 0. The summed E-state index contributed by atoms with van der Waals surface area (Å²) in [5, 5.41) is 7.98. The summed E-state index contributed by atoms with van der Waals surface area (Å²) >= 11 is 5.49. The zero-order chi connectivity index (χ0) is 34.9. The molecule has 1 N–H and O–H groups in total. The van der Waals surface area contributed by atoms with E-state index in [1.54, 1.807) is 0 Å². The average Bonchev–Trinajstić information content (AvgIpc) is 3.18. The Morgan fingerprint density at radius 3 is 0.800 bits per heavy atom. The second-order valence-corrected chi connectivity index (χ2v) is 19.5. The van der Waals surface area contributed by atoms with Gasteiger partial charge in [-0.05, 0) is 97.1 Å². The zero-order valence-corrected chi connectivity index (χ0v) is 30.4. The molecule has 0 aliphatic rings. The van der Waals surface area contributed by atoms with Gasteiger partial charge >= 0.3 is 14.1 Å². The SMILES string of the molecule is O=S(=O)(O)c1ccc(Cl)cc1.c1ccc(P(=[N+]=P(c2ccccc2)(c2ccccc2)c2ccccc2)(c2ccccc2)c2ccccc2)cc1. The number of hydrogen-bond donors (Lipinski definition) is 1. The van der Waals surface area contributed by atoms with Gasteiger partial charge in [-0.25, -0.2) is 0 Å². The number of hydrogen-bond acceptors (Lipinski definition) is 2. The van der Waals surface area contributed by atoms with Gasteiger partial charge < -0.3 is 0 Å². The third-order valence-corrected chi connectivity index (χ3v) is 17.7. The summed E-state index contributed by atoms with van der Waals surface area (Å²) in [6.07, 6.45) is 0. The smallest absolute Gasteiger partial charge is 0.282 e. The van der Waals surface area contributed by atoms with E-state index < -0.39 is 24.2 Å². The van der Waals surface area contributed by atoms with Gasteiger partial charge in [-0.15, -0.1) is 4.17 Å². The Labute approximate surface area is 299 Å². The fraction of sp³-hybridized carbons (Fsp3) is 0. The topological polar surface area (TPSA) is 68.5 Å². The van der Waals surface area contributed by atoms with Gasteiger partial charge in [0.2, 0.25) is 0 Å². The molecule has 0 bridgehead atoms. The standard InChI is InChI=1S/C36H30NP2.C6H5ClO3S/c1-7-19-31(20-8-1)38(32-21-9-2-10-22-32,33-23-11-3-12-24-33)37-39(34-25-13-4-14-26-34,35-27-15-5-16-28-35)36-29-17-6-18-30-36;7-5-1-3-6(4-2-5)11(8,9)10/h1-30H;1-4H,(H,8,9,10)/q+1;. The molecular weight excluding hydrogens is 696 g/mol. The van der Waals surface area contributed by atoms with Crippen LogP contribution < -0.4 is 36.0 Å². The van der Waals surface area contributed by atoms with Crippen LogP contribution in [0.5, 0.6) is 0 Å². The van der Waals surface area contributed by atoms with Crippen LogP contribution in [-0.4, -0.2) is 13.0 Å². The van der Waals surface area contributed by atoms with Crippen LogP contribution in [0.1, 0.15) is 0 Å². The highest BCUT2D eigenvalue weighted by Gasteiger charge is 2.44. The van der Waals surface area contributed by atoms with E-state index in [9.17, 15) is 8.42 Å². The summed E-state index contributed by atoms with van der Waals surface area (Å²) in [4.78, 5) is -0.151. The molecule has 0 aromatic heterocycles. The number of nitrogens with zero attached hydrogens (tertiary/aromatic N) is 1. The molecule has 4 nitrogen and oxygen atoms in total. The van der Waals surface area contributed by atoms with Crippen LogP contribution in [0.2, 0.25) is 5.02 Å². The second kappa shape index (κ2) is 15.9. The van der Waals surface area contributed by atoms with Crippen molar-refractivity contribution >= 4 is 67.7 Å². The first-order chi connectivity index (χ1) is 24.3. The largest absolute Gasteiger partial charge is 0.301 e. The summed E-state index contributed by atoms with van der Waals surface area (Å²) in [5.41, 5.74) is 0. The minimum Gasteiger partial charge on any atom is -0.282 e. The van der Waals surface area contributed by atoms with Gasteiger partial charge in [0.15, 0.2) is 0 Å². The van der Waals surface area contributed by atoms with E-state index in [2.05, 4.69) is 182 Å². The molecule has 0 unspecified atom stereocenters. The lowest BCUT2D eigenvalue weighted by molar-refractivity contribution is 0.483. The van der Waals surface area contributed by atoms with Crippen molar-refractivity contribution in [2.45, 2.75) is 4.90 Å². The second-order valence-electron chi connectivity index (χ2n) is 11.3. The molecule has 0 spiro atoms. The molecule has 7 aromatic carbocycles. The molecule has 0 saturated carbocycles. The highest BCUT2D eigenvalue weighted by molar-refractivity contribution is 7.94. The Morgan fingerprint density at radius 2 is 0.600 bits per heavy atom. The monoisotopic (exact) mass is 730 g/mol. The van der Waals surface area contributed by atoms with E-state index >= 15 is 0 Å². The van der Waals surface area contributed by atoms with Crippen molar-refractivity contribution in [3.05, 3.63) is 211 Å². The van der Waals surface area contributed by atoms with E-state index in [1.807, 2.05) is 0 Å². The highest BCUT2D eigenvalue weighted by Crippen LogP contribution is 2.50. The number of rotatable bonds is 7. The van der Waals surface area contributed by atoms with Crippen LogP contribution in [-0.2, 0) is 10.1 Å². The van der Waals surface area contributed by atoms with E-state index in [4.69, 9.17) is 20.3 Å². The van der Waals surface area contributed by atoms with Crippen molar-refractivity contribution in [3.8, 4) is 0 Å². The van der Waals surface area contributed by atoms with Crippen LogP contribution in [0.25, 0.3) is 0 Å². The fourth-order valence-corrected chi connectivity index (χ4v) is 16.0. The van der Waals surface area contributed by atoms with Crippen LogP contribution in [0.3, 0.4) is 0 Å². The Morgan fingerprint density at radius 1 is 0.380 bits per heavy atom. The van der Waals surface area contributed by atoms with Crippen LogP contribution in [0.15, 0.2) is 211 Å². The van der Waals surface area contributed by atoms with Gasteiger partial charge in [0.05, 0.1) is 36.7 Å². The average molecular weight is 731 g/mol. The first-order valence-electron chi connectivity index (χ1n) is 15.9. The van der Waals surface area contributed by atoms with Gasteiger partial charge in [-0.3, -0.25) is 4.55 Å². The van der Waals surface area contributed by atoms with Gasteiger partial charge in [0, 0.05) is 5.02 Å². The van der Waals surface area contributed by atoms with Crippen molar-refractivity contribution in [2.24, 2.45) is 0 Å². The summed E-state index contributed by atoms with van der Waals surface area (Å²) in [6, 6.07) is 70.9. The molecule has 0 aliphatic carbocycles. The molecule has 0 radical (unpaired) electrons. The zero-order valence-electron chi connectivity index (χ0n) is 27.0. The van der Waals surface area contributed by atoms with Crippen LogP contribution >= 0.6 is 25.7 Å². The molecule has 248 valence electrons. The molecule has 0 amide bonds. The molecule has 0 atom stereocenters. The normalized spacial score (nSPS) is 11.5. The molecule has 0 saturated heterocycles. The van der Waals surface area contributed by atoms with E-state index in [0.717, 1.165) is 0 Å². The molecule has 7 aromatic rings. The van der Waals surface area contributed by atoms with Crippen LogP contribution in [0, 0.1) is 0 Å². The lowest BCUT2D eigenvalue weighted by atomic mass is 10.4. The Balaban J connectivity index is 0.000000336. The van der Waals surface area contributed by atoms with Gasteiger partial charge in [-0.1, -0.05) is 121 Å². The fourth-order valence-electron chi connectivity index (χ4n) is 5.87. The predicted octanol–water partition coefficient (Wildman–Crippen LogP) is 8.00. The van der Waals surface area contributed by atoms with E-state index in [1.165, 1.54) is 56.1 Å². The van der Waals surface area contributed by atoms with Gasteiger partial charge in [0.25, 0.3) is 10.1 Å². The summed E-state index contributed by atoms with van der Waals surface area (Å²) in [7, 11) is -9.07. The lowest BCUT2D eigenvalue weighted by Gasteiger charge is -2.20. The molecule has 8 heteroatoms. The maximum atomic E-state index is 10.5.